The fourth-order valence-corrected chi connectivity index (χ4v) is 7.06. The number of aromatic nitrogens is 4. The van der Waals surface area contributed by atoms with Crippen LogP contribution in [-0.2, 0) is 18.6 Å². The Bertz CT molecular complexity index is 1990. The summed E-state index contributed by atoms with van der Waals surface area (Å²) in [6.07, 6.45) is 29.3. The Morgan fingerprint density at radius 3 is 2.19 bits per heavy atom. The fraction of sp³-hybridized carbons (Fsp3) is 0.415. The van der Waals surface area contributed by atoms with E-state index in [1.807, 2.05) is 12.2 Å². The van der Waals surface area contributed by atoms with E-state index < -0.39 is 43.9 Å². The first-order valence-corrected chi connectivity index (χ1v) is 20.8. The number of H-pyrrole nitrogens is 1. The third kappa shape index (κ3) is 14.5. The van der Waals surface area contributed by atoms with Crippen LogP contribution in [0.4, 0.5) is 5.95 Å². The number of fused-ring (bicyclic) bond motifs is 1. The molecule has 2 aromatic heterocycles. The number of allylic oxidation sites excluding steroid dienone is 12. The minimum Gasteiger partial charge on any atom is -0.413 e. The Labute approximate surface area is 333 Å². The number of rotatable bonds is 24. The van der Waals surface area contributed by atoms with Gasteiger partial charge in [-0.3, -0.25) is 23.7 Å². The van der Waals surface area contributed by atoms with Crippen molar-refractivity contribution in [3.63, 3.8) is 0 Å². The number of anilines is 1. The van der Waals surface area contributed by atoms with Crippen LogP contribution in [0.5, 0.6) is 5.75 Å². The van der Waals surface area contributed by atoms with Gasteiger partial charge in [0.05, 0.1) is 12.9 Å². The first-order valence-electron chi connectivity index (χ1n) is 19.2. The van der Waals surface area contributed by atoms with Gasteiger partial charge in [-0.1, -0.05) is 98.0 Å². The van der Waals surface area contributed by atoms with Crippen molar-refractivity contribution in [2.45, 2.75) is 89.3 Å². The molecule has 1 aliphatic rings. The highest BCUT2D eigenvalue weighted by molar-refractivity contribution is 7.52. The van der Waals surface area contributed by atoms with Crippen molar-refractivity contribution in [3.8, 4) is 5.75 Å². The van der Waals surface area contributed by atoms with E-state index in [2.05, 4.69) is 93.0 Å². The Morgan fingerprint density at radius 2 is 1.58 bits per heavy atom. The molecule has 1 saturated heterocycles. The minimum absolute atomic E-state index is 0.0346. The SMILES string of the molecule is CC/C=C\C/C=C\C/C=C\C/C=C\C/C=C\C/C=C\CCC(=O)NCCNP(=O)(OC[C@H]1O[C@@H](n2cnc3c(=O)[nH]c(N)nc32)[C@](C)(O)[C@@H]1O)Oc1ccccc1. The molecule has 0 spiro atoms. The second-order valence-corrected chi connectivity index (χ2v) is 15.1. The van der Waals surface area contributed by atoms with Crippen molar-refractivity contribution in [2.75, 3.05) is 25.4 Å². The van der Waals surface area contributed by atoms with Crippen LogP contribution in [0.15, 0.2) is 114 Å². The highest BCUT2D eigenvalue weighted by Crippen LogP contribution is 2.46. The summed E-state index contributed by atoms with van der Waals surface area (Å²) in [5.74, 6) is -0.0826. The van der Waals surface area contributed by atoms with Crippen molar-refractivity contribution in [1.29, 1.82) is 0 Å². The van der Waals surface area contributed by atoms with Crippen LogP contribution in [0, 0.1) is 0 Å². The van der Waals surface area contributed by atoms with E-state index in [4.69, 9.17) is 19.5 Å². The maximum Gasteiger partial charge on any atom is 0.458 e. The summed E-state index contributed by atoms with van der Waals surface area (Å²) >= 11 is 0. The second-order valence-electron chi connectivity index (χ2n) is 13.4. The van der Waals surface area contributed by atoms with Gasteiger partial charge in [-0.25, -0.2) is 14.6 Å². The lowest BCUT2D eigenvalue weighted by Crippen LogP contribution is -2.44. The normalized spacial score (nSPS) is 21.4. The number of carbonyl (C=O) groups excluding carboxylic acids is 1. The van der Waals surface area contributed by atoms with Crippen molar-refractivity contribution in [2.24, 2.45) is 0 Å². The summed E-state index contributed by atoms with van der Waals surface area (Å²) in [4.78, 5) is 35.2. The van der Waals surface area contributed by atoms with E-state index in [-0.39, 0.29) is 48.3 Å². The first-order chi connectivity index (χ1) is 27.5. The number of nitrogens with one attached hydrogen (secondary N) is 3. The van der Waals surface area contributed by atoms with Crippen molar-refractivity contribution < 1.29 is 33.4 Å². The maximum absolute atomic E-state index is 13.9. The summed E-state index contributed by atoms with van der Waals surface area (Å²) in [6.45, 7) is 3.18. The monoisotopic (exact) mass is 805 g/mol. The summed E-state index contributed by atoms with van der Waals surface area (Å²) in [5, 5.41) is 27.8. The van der Waals surface area contributed by atoms with E-state index in [0.717, 1.165) is 38.5 Å². The molecule has 1 fully saturated rings. The molecule has 15 nitrogen and oxygen atoms in total. The van der Waals surface area contributed by atoms with Crippen LogP contribution in [0.25, 0.3) is 11.2 Å². The van der Waals surface area contributed by atoms with E-state index in [9.17, 15) is 24.4 Å². The molecule has 7 N–H and O–H groups in total. The number of para-hydroxylation sites is 1. The van der Waals surface area contributed by atoms with E-state index in [1.54, 1.807) is 30.3 Å². The van der Waals surface area contributed by atoms with E-state index in [1.165, 1.54) is 17.8 Å². The Hall–Kier alpha value is -4.89. The van der Waals surface area contributed by atoms with Gasteiger partial charge in [0.1, 0.15) is 23.6 Å². The highest BCUT2D eigenvalue weighted by atomic mass is 31.2. The molecule has 3 aromatic rings. The quantitative estimate of drug-likeness (QED) is 0.0344. The Balaban J connectivity index is 1.17. The molecular weight excluding hydrogens is 749 g/mol. The number of hydrogen-bond donors (Lipinski definition) is 6. The number of aliphatic hydroxyl groups excluding tert-OH is 1. The van der Waals surface area contributed by atoms with Crippen LogP contribution in [0.1, 0.15) is 71.4 Å². The lowest BCUT2D eigenvalue weighted by atomic mass is 9.96. The third-order valence-corrected chi connectivity index (χ3v) is 10.3. The van der Waals surface area contributed by atoms with Crippen LogP contribution < -0.4 is 26.2 Å². The van der Waals surface area contributed by atoms with E-state index in [0.29, 0.717) is 6.42 Å². The molecule has 0 saturated carbocycles. The number of benzene rings is 1. The first kappa shape index (κ1) is 44.8. The molecule has 1 amide bonds. The molecule has 16 heteroatoms. The van der Waals surface area contributed by atoms with Gasteiger partial charge in [-0.05, 0) is 64.0 Å². The van der Waals surface area contributed by atoms with Gasteiger partial charge in [0, 0.05) is 19.5 Å². The molecule has 308 valence electrons. The van der Waals surface area contributed by atoms with Crippen LogP contribution in [0.2, 0.25) is 0 Å². The largest absolute Gasteiger partial charge is 0.458 e. The smallest absolute Gasteiger partial charge is 0.413 e. The molecule has 3 heterocycles. The number of amides is 1. The second kappa shape index (κ2) is 23.4. The lowest BCUT2D eigenvalue weighted by molar-refractivity contribution is -0.120. The van der Waals surface area contributed by atoms with Crippen LogP contribution in [-0.4, -0.2) is 73.1 Å². The standard InChI is InChI=1S/C41H56N7O8P/c1-3-4-5-6-7-8-9-10-11-12-13-14-15-16-17-18-19-20-24-27-34(49)43-28-29-45-57(53,56-32-25-22-21-23-26-32)54-30-33-36(50)41(2,52)39(55-33)48-31-44-35-37(48)46-40(42)47-38(35)51/h4-5,7-8,10-11,13-14,16-17,19-23,25-26,31,33,36,39,50,52H,3,6,9,12,15,18,24,27-30H2,1-2H3,(H,43,49)(H,45,53)(H3,42,46,47,51)/b5-4-,8-7-,11-10-,14-13-,17-16-,20-19-/t33-,36-,39-,41-,57?/m1/s1. The number of imidazole rings is 1. The summed E-state index contributed by atoms with van der Waals surface area (Å²) in [6, 6.07) is 8.36. The molecule has 5 atom stereocenters. The van der Waals surface area contributed by atoms with Gasteiger partial charge < -0.3 is 30.5 Å². The zero-order valence-electron chi connectivity index (χ0n) is 32.6. The number of nitrogen functional groups attached to an aromatic ring is 1. The van der Waals surface area contributed by atoms with Gasteiger partial charge in [0.2, 0.25) is 11.9 Å². The highest BCUT2D eigenvalue weighted by Gasteiger charge is 2.54. The van der Waals surface area contributed by atoms with Crippen LogP contribution >= 0.6 is 7.75 Å². The predicted molar refractivity (Wildman–Crippen MR) is 222 cm³/mol. The lowest BCUT2D eigenvalue weighted by Gasteiger charge is -2.27. The maximum atomic E-state index is 13.9. The predicted octanol–water partition coefficient (Wildman–Crippen LogP) is 6.10. The van der Waals surface area contributed by atoms with Crippen molar-refractivity contribution in [3.05, 3.63) is 120 Å². The number of ether oxygens (including phenoxy) is 1. The van der Waals surface area contributed by atoms with Crippen molar-refractivity contribution in [1.82, 2.24) is 29.9 Å². The summed E-state index contributed by atoms with van der Waals surface area (Å²) in [5.41, 5.74) is 3.22. The summed E-state index contributed by atoms with van der Waals surface area (Å²) < 4.78 is 32.6. The number of aliphatic hydroxyl groups is 2. The molecule has 0 radical (unpaired) electrons. The van der Waals surface area contributed by atoms with Gasteiger partial charge in [-0.15, -0.1) is 0 Å². The van der Waals surface area contributed by atoms with Gasteiger partial charge in [-0.2, -0.15) is 4.98 Å². The number of aromatic amines is 1. The Kier molecular flexibility index (Phi) is 18.4. The Morgan fingerprint density at radius 1 is 0.982 bits per heavy atom. The minimum atomic E-state index is -4.11. The number of nitrogens with zero attached hydrogens (tertiary/aromatic N) is 3. The fourth-order valence-electron chi connectivity index (χ4n) is 5.73. The summed E-state index contributed by atoms with van der Waals surface area (Å²) in [7, 11) is -4.11. The average Bonchev–Trinajstić information content (AvgIpc) is 3.70. The van der Waals surface area contributed by atoms with Gasteiger partial charge in [0.25, 0.3) is 5.56 Å². The number of hydrogen-bond acceptors (Lipinski definition) is 11. The topological polar surface area (TPSA) is 216 Å². The molecule has 1 unspecified atom stereocenters. The number of nitrogens with two attached hydrogens (primary N) is 1. The molecule has 1 aromatic carbocycles. The molecule has 0 bridgehead atoms. The number of carbonyl (C=O) groups is 1. The molecule has 4 rings (SSSR count). The van der Waals surface area contributed by atoms with Gasteiger partial charge in [0.15, 0.2) is 17.4 Å². The van der Waals surface area contributed by atoms with E-state index >= 15 is 0 Å². The molecule has 0 aliphatic carbocycles. The van der Waals surface area contributed by atoms with Gasteiger partial charge >= 0.3 is 7.75 Å². The molecule has 1 aliphatic heterocycles. The average molecular weight is 806 g/mol. The zero-order valence-corrected chi connectivity index (χ0v) is 33.5. The van der Waals surface area contributed by atoms with Crippen molar-refractivity contribution >= 4 is 30.8 Å². The molecular formula is C41H56N7O8P. The molecule has 57 heavy (non-hydrogen) atoms. The third-order valence-electron chi connectivity index (χ3n) is 8.72. The van der Waals surface area contributed by atoms with Crippen LogP contribution in [0.3, 0.4) is 0 Å². The zero-order chi connectivity index (χ0) is 40.9.